The molecule has 5 heteroatoms. The second kappa shape index (κ2) is 5.74. The Morgan fingerprint density at radius 3 is 2.71 bits per heavy atom. The number of aryl methyl sites for hydroxylation is 2. The molecule has 0 bridgehead atoms. The van der Waals surface area contributed by atoms with Crippen LogP contribution in [0.5, 0.6) is 11.6 Å². The van der Waals surface area contributed by atoms with Crippen molar-refractivity contribution in [3.63, 3.8) is 0 Å². The molecule has 0 radical (unpaired) electrons. The van der Waals surface area contributed by atoms with E-state index in [9.17, 15) is 4.79 Å². The molecule has 0 saturated carbocycles. The lowest BCUT2D eigenvalue weighted by Gasteiger charge is -2.16. The normalized spacial score (nSPS) is 13.6. The molecule has 1 N–H and O–H groups in total. The van der Waals surface area contributed by atoms with Crippen molar-refractivity contribution in [2.45, 2.75) is 25.7 Å². The fourth-order valence-corrected chi connectivity index (χ4v) is 2.72. The van der Waals surface area contributed by atoms with Crippen LogP contribution in [-0.2, 0) is 12.8 Å². The van der Waals surface area contributed by atoms with E-state index in [0.717, 1.165) is 12.8 Å². The number of halogens is 1. The number of carbonyl (C=O) groups is 1. The molecule has 0 spiro atoms. The van der Waals surface area contributed by atoms with Crippen LogP contribution in [0.1, 0.15) is 34.3 Å². The van der Waals surface area contributed by atoms with Gasteiger partial charge >= 0.3 is 5.97 Å². The van der Waals surface area contributed by atoms with Crippen molar-refractivity contribution in [3.8, 4) is 11.6 Å². The smallest absolute Gasteiger partial charge is 0.337 e. The van der Waals surface area contributed by atoms with Gasteiger partial charge in [-0.3, -0.25) is 0 Å². The SMILES string of the molecule is O=C(O)c1cc(Oc2ccc3c(c2)CCCC3)ncc1Cl. The van der Waals surface area contributed by atoms with Gasteiger partial charge in [-0.15, -0.1) is 0 Å². The minimum Gasteiger partial charge on any atom is -0.478 e. The maximum Gasteiger partial charge on any atom is 0.337 e. The first kappa shape index (κ1) is 13.9. The van der Waals surface area contributed by atoms with E-state index in [0.29, 0.717) is 5.75 Å². The van der Waals surface area contributed by atoms with E-state index in [2.05, 4.69) is 11.1 Å². The molecule has 21 heavy (non-hydrogen) atoms. The highest BCUT2D eigenvalue weighted by Gasteiger charge is 2.13. The Hall–Kier alpha value is -2.07. The topological polar surface area (TPSA) is 59.4 Å². The van der Waals surface area contributed by atoms with Crippen molar-refractivity contribution < 1.29 is 14.6 Å². The number of hydrogen-bond donors (Lipinski definition) is 1. The van der Waals surface area contributed by atoms with Gasteiger partial charge in [0.25, 0.3) is 0 Å². The summed E-state index contributed by atoms with van der Waals surface area (Å²) in [6.07, 6.45) is 5.88. The van der Waals surface area contributed by atoms with E-state index in [-0.39, 0.29) is 16.5 Å². The predicted octanol–water partition coefficient (Wildman–Crippen LogP) is 4.10. The minimum absolute atomic E-state index is 0.0142. The summed E-state index contributed by atoms with van der Waals surface area (Å²) >= 11 is 5.79. The van der Waals surface area contributed by atoms with Crippen LogP contribution < -0.4 is 4.74 Å². The molecule has 2 aromatic rings. The number of fused-ring (bicyclic) bond motifs is 1. The number of nitrogens with zero attached hydrogens (tertiary/aromatic N) is 1. The van der Waals surface area contributed by atoms with Crippen LogP contribution in [0.4, 0.5) is 0 Å². The average molecular weight is 304 g/mol. The van der Waals surface area contributed by atoms with Gasteiger partial charge in [0.1, 0.15) is 5.75 Å². The third-order valence-corrected chi connectivity index (χ3v) is 3.90. The Kier molecular flexibility index (Phi) is 3.80. The molecule has 108 valence electrons. The van der Waals surface area contributed by atoms with Gasteiger partial charge < -0.3 is 9.84 Å². The fraction of sp³-hybridized carbons (Fsp3) is 0.250. The average Bonchev–Trinajstić information content (AvgIpc) is 2.49. The Labute approximate surface area is 127 Å². The fourth-order valence-electron chi connectivity index (χ4n) is 2.53. The number of pyridine rings is 1. The molecule has 0 aliphatic heterocycles. The van der Waals surface area contributed by atoms with Gasteiger partial charge in [-0.1, -0.05) is 17.7 Å². The third kappa shape index (κ3) is 3.00. The van der Waals surface area contributed by atoms with Crippen molar-refractivity contribution >= 4 is 17.6 Å². The third-order valence-electron chi connectivity index (χ3n) is 3.60. The number of carboxylic acid groups (broad SMARTS) is 1. The van der Waals surface area contributed by atoms with Gasteiger partial charge in [0.15, 0.2) is 0 Å². The predicted molar refractivity (Wildman–Crippen MR) is 79.4 cm³/mol. The van der Waals surface area contributed by atoms with Crippen LogP contribution in [0.25, 0.3) is 0 Å². The highest BCUT2D eigenvalue weighted by molar-refractivity contribution is 6.33. The van der Waals surface area contributed by atoms with Gasteiger partial charge in [0, 0.05) is 6.07 Å². The Morgan fingerprint density at radius 2 is 1.95 bits per heavy atom. The lowest BCUT2D eigenvalue weighted by atomic mass is 9.92. The molecule has 0 saturated heterocycles. The summed E-state index contributed by atoms with van der Waals surface area (Å²) in [6.45, 7) is 0. The van der Waals surface area contributed by atoms with Crippen molar-refractivity contribution in [3.05, 3.63) is 52.2 Å². The van der Waals surface area contributed by atoms with E-state index in [1.165, 1.54) is 36.2 Å². The van der Waals surface area contributed by atoms with Crippen LogP contribution >= 0.6 is 11.6 Å². The van der Waals surface area contributed by atoms with Gasteiger partial charge in [0.2, 0.25) is 5.88 Å². The molecule has 4 nitrogen and oxygen atoms in total. The Bertz CT molecular complexity index is 700. The number of aromatic nitrogens is 1. The van der Waals surface area contributed by atoms with Crippen LogP contribution in [0.15, 0.2) is 30.5 Å². The number of ether oxygens (including phenoxy) is 1. The zero-order valence-electron chi connectivity index (χ0n) is 11.3. The second-order valence-electron chi connectivity index (χ2n) is 5.05. The number of hydrogen-bond acceptors (Lipinski definition) is 3. The number of benzene rings is 1. The second-order valence-corrected chi connectivity index (χ2v) is 5.45. The molecule has 1 aliphatic rings. The summed E-state index contributed by atoms with van der Waals surface area (Å²) in [5.41, 5.74) is 2.65. The van der Waals surface area contributed by atoms with E-state index < -0.39 is 5.97 Å². The van der Waals surface area contributed by atoms with Gasteiger partial charge in [-0.2, -0.15) is 0 Å². The first-order valence-corrected chi connectivity index (χ1v) is 7.20. The standard InChI is InChI=1S/C16H14ClNO3/c17-14-9-18-15(8-13(14)16(19)20)21-12-6-5-10-3-1-2-4-11(10)7-12/h5-9H,1-4H2,(H,19,20). The first-order chi connectivity index (χ1) is 10.1. The molecule has 0 unspecified atom stereocenters. The van der Waals surface area contributed by atoms with Crippen molar-refractivity contribution in [2.24, 2.45) is 0 Å². The maximum atomic E-state index is 11.1. The van der Waals surface area contributed by atoms with E-state index >= 15 is 0 Å². The quantitative estimate of drug-likeness (QED) is 0.927. The monoisotopic (exact) mass is 303 g/mol. The molecule has 1 aromatic carbocycles. The number of carboxylic acids is 1. The van der Waals surface area contributed by atoms with Crippen molar-refractivity contribution in [1.82, 2.24) is 4.98 Å². The summed E-state index contributed by atoms with van der Waals surface area (Å²) in [7, 11) is 0. The molecule has 1 aliphatic carbocycles. The van der Waals surface area contributed by atoms with Crippen LogP contribution in [0, 0.1) is 0 Å². The maximum absolute atomic E-state index is 11.1. The highest BCUT2D eigenvalue weighted by atomic mass is 35.5. The summed E-state index contributed by atoms with van der Waals surface area (Å²) in [4.78, 5) is 15.1. The molecular weight excluding hydrogens is 290 g/mol. The van der Waals surface area contributed by atoms with Crippen LogP contribution in [-0.4, -0.2) is 16.1 Å². The summed E-state index contributed by atoms with van der Waals surface area (Å²) in [5.74, 6) is -0.202. The molecule has 3 rings (SSSR count). The summed E-state index contributed by atoms with van der Waals surface area (Å²) < 4.78 is 5.66. The van der Waals surface area contributed by atoms with Gasteiger partial charge in [-0.05, 0) is 48.9 Å². The zero-order valence-corrected chi connectivity index (χ0v) is 12.1. The number of rotatable bonds is 3. The summed E-state index contributed by atoms with van der Waals surface area (Å²) in [6, 6.07) is 7.30. The zero-order chi connectivity index (χ0) is 14.8. The highest BCUT2D eigenvalue weighted by Crippen LogP contribution is 2.28. The van der Waals surface area contributed by atoms with Crippen molar-refractivity contribution in [2.75, 3.05) is 0 Å². The van der Waals surface area contributed by atoms with Crippen LogP contribution in [0.2, 0.25) is 5.02 Å². The van der Waals surface area contributed by atoms with E-state index in [1.807, 2.05) is 12.1 Å². The van der Waals surface area contributed by atoms with E-state index in [4.69, 9.17) is 21.4 Å². The molecular formula is C16H14ClNO3. The largest absolute Gasteiger partial charge is 0.478 e. The summed E-state index contributed by atoms with van der Waals surface area (Å²) in [5, 5.41) is 9.14. The first-order valence-electron chi connectivity index (χ1n) is 6.82. The van der Waals surface area contributed by atoms with Gasteiger partial charge in [0.05, 0.1) is 16.8 Å². The lowest BCUT2D eigenvalue weighted by Crippen LogP contribution is -2.03. The minimum atomic E-state index is -1.10. The van der Waals surface area contributed by atoms with E-state index in [1.54, 1.807) is 0 Å². The lowest BCUT2D eigenvalue weighted by molar-refractivity contribution is 0.0696. The molecule has 1 aromatic heterocycles. The molecule has 0 amide bonds. The Balaban J connectivity index is 1.86. The molecule has 0 fully saturated rings. The van der Waals surface area contributed by atoms with Gasteiger partial charge in [-0.25, -0.2) is 9.78 Å². The van der Waals surface area contributed by atoms with Crippen molar-refractivity contribution in [1.29, 1.82) is 0 Å². The number of aromatic carboxylic acids is 1. The Morgan fingerprint density at radius 1 is 1.19 bits per heavy atom. The van der Waals surface area contributed by atoms with Crippen LogP contribution in [0.3, 0.4) is 0 Å². The molecule has 0 atom stereocenters. The molecule has 1 heterocycles.